The number of rotatable bonds is 11. The zero-order valence-electron chi connectivity index (χ0n) is 19.1. The summed E-state index contributed by atoms with van der Waals surface area (Å²) >= 11 is 0. The number of amides is 1. The van der Waals surface area contributed by atoms with E-state index in [1.165, 1.54) is 5.57 Å². The molecule has 0 saturated heterocycles. The van der Waals surface area contributed by atoms with Crippen LogP contribution in [0.15, 0.2) is 65.6 Å². The first kappa shape index (κ1) is 23.5. The molecule has 0 aliphatic carbocycles. The van der Waals surface area contributed by atoms with Crippen LogP contribution in [-0.4, -0.2) is 40.2 Å². The fraction of sp³-hybridized carbons (Fsp3) is 0.423. The van der Waals surface area contributed by atoms with Crippen molar-refractivity contribution in [3.63, 3.8) is 0 Å². The Balaban J connectivity index is 1.59. The second-order valence-corrected chi connectivity index (χ2v) is 8.19. The molecule has 0 fully saturated rings. The molecule has 6 heteroatoms. The van der Waals surface area contributed by atoms with Crippen LogP contribution in [-0.2, 0) is 24.1 Å². The van der Waals surface area contributed by atoms with Gasteiger partial charge >= 0.3 is 0 Å². The first-order chi connectivity index (χ1) is 15.5. The average molecular weight is 436 g/mol. The minimum absolute atomic E-state index is 0.0396. The van der Waals surface area contributed by atoms with Crippen molar-refractivity contribution in [2.75, 3.05) is 7.11 Å². The Morgan fingerprint density at radius 2 is 1.88 bits per heavy atom. The lowest BCUT2D eigenvalue weighted by atomic mass is 9.92. The van der Waals surface area contributed by atoms with E-state index in [0.717, 1.165) is 37.0 Å². The van der Waals surface area contributed by atoms with Crippen LogP contribution in [0.5, 0.6) is 5.75 Å². The average Bonchev–Trinajstić information content (AvgIpc) is 3.24. The third-order valence-electron chi connectivity index (χ3n) is 5.78. The Bertz CT molecular complexity index is 963. The van der Waals surface area contributed by atoms with Gasteiger partial charge in [-0.3, -0.25) is 4.79 Å². The van der Waals surface area contributed by atoms with Crippen LogP contribution in [0.25, 0.3) is 0 Å². The third kappa shape index (κ3) is 5.96. The molecule has 1 aliphatic heterocycles. The van der Waals surface area contributed by atoms with Crippen LogP contribution >= 0.6 is 0 Å². The molecule has 0 bridgehead atoms. The van der Waals surface area contributed by atoms with E-state index in [-0.39, 0.29) is 18.0 Å². The molecular formula is C26H33N3O3. The lowest BCUT2D eigenvalue weighted by molar-refractivity contribution is -0.135. The lowest BCUT2D eigenvalue weighted by Gasteiger charge is -2.40. The van der Waals surface area contributed by atoms with E-state index in [0.29, 0.717) is 31.0 Å². The van der Waals surface area contributed by atoms with E-state index >= 15 is 0 Å². The second kappa shape index (κ2) is 11.5. The predicted molar refractivity (Wildman–Crippen MR) is 125 cm³/mol. The number of para-hydroxylation sites is 1. The monoisotopic (exact) mass is 435 g/mol. The van der Waals surface area contributed by atoms with Crippen LogP contribution in [0.4, 0.5) is 0 Å². The highest BCUT2D eigenvalue weighted by Gasteiger charge is 2.31. The van der Waals surface area contributed by atoms with Crippen molar-refractivity contribution in [1.82, 2.24) is 15.1 Å². The van der Waals surface area contributed by atoms with Crippen molar-refractivity contribution in [2.45, 2.75) is 64.0 Å². The summed E-state index contributed by atoms with van der Waals surface area (Å²) in [6, 6.07) is 8.08. The number of ether oxygens (including phenoxy) is 1. The number of aromatic nitrogens is 2. The fourth-order valence-corrected chi connectivity index (χ4v) is 4.33. The normalized spacial score (nSPS) is 18.2. The molecule has 2 aromatic rings. The summed E-state index contributed by atoms with van der Waals surface area (Å²) in [4.78, 5) is 15.2. The van der Waals surface area contributed by atoms with Crippen molar-refractivity contribution in [1.29, 1.82) is 0 Å². The standard InChI is InChI=1S/C26H33N3O3/c1-5-9-21-17-19(3)18-22(10-6-2)29(21)26(30)16-15-25-28-27-24(32-25)14-13-20-11-7-8-12-23(20)31-4/h5-8,11-12,17,21-22H,1-2,9-10,13-16,18H2,3-4H3/t21-,22-/m0/s1. The number of benzene rings is 1. The van der Waals surface area contributed by atoms with Gasteiger partial charge in [-0.05, 0) is 44.2 Å². The highest BCUT2D eigenvalue weighted by atomic mass is 16.5. The molecule has 32 heavy (non-hydrogen) atoms. The zero-order valence-corrected chi connectivity index (χ0v) is 19.1. The number of carbonyl (C=O) groups excluding carboxylic acids is 1. The Hall–Kier alpha value is -3.15. The first-order valence-electron chi connectivity index (χ1n) is 11.2. The van der Waals surface area contributed by atoms with Crippen LogP contribution < -0.4 is 4.74 Å². The highest BCUT2D eigenvalue weighted by molar-refractivity contribution is 5.77. The van der Waals surface area contributed by atoms with Gasteiger partial charge < -0.3 is 14.1 Å². The Morgan fingerprint density at radius 1 is 1.16 bits per heavy atom. The summed E-state index contributed by atoms with van der Waals surface area (Å²) in [5.74, 6) is 2.02. The van der Waals surface area contributed by atoms with Gasteiger partial charge in [-0.1, -0.05) is 42.0 Å². The number of hydrogen-bond acceptors (Lipinski definition) is 5. The number of hydrogen-bond donors (Lipinski definition) is 0. The molecule has 3 rings (SSSR count). The molecule has 1 aliphatic rings. The van der Waals surface area contributed by atoms with E-state index in [1.807, 2.05) is 41.3 Å². The van der Waals surface area contributed by atoms with E-state index in [2.05, 4.69) is 36.4 Å². The molecule has 1 aromatic carbocycles. The molecule has 6 nitrogen and oxygen atoms in total. The zero-order chi connectivity index (χ0) is 22.9. The molecule has 2 heterocycles. The summed E-state index contributed by atoms with van der Waals surface area (Å²) in [5, 5.41) is 8.31. The van der Waals surface area contributed by atoms with Gasteiger partial charge in [0, 0.05) is 25.3 Å². The Kier molecular flexibility index (Phi) is 8.42. The molecule has 1 aromatic heterocycles. The summed E-state index contributed by atoms with van der Waals surface area (Å²) in [7, 11) is 1.67. The maximum atomic E-state index is 13.2. The van der Waals surface area contributed by atoms with E-state index in [9.17, 15) is 4.79 Å². The van der Waals surface area contributed by atoms with Crippen LogP contribution in [0.3, 0.4) is 0 Å². The molecular weight excluding hydrogens is 402 g/mol. The predicted octanol–water partition coefficient (Wildman–Crippen LogP) is 4.86. The molecule has 0 N–H and O–H groups in total. The molecule has 0 spiro atoms. The molecule has 2 atom stereocenters. The first-order valence-corrected chi connectivity index (χ1v) is 11.2. The van der Waals surface area contributed by atoms with Gasteiger partial charge in [0.25, 0.3) is 0 Å². The number of carbonyl (C=O) groups is 1. The van der Waals surface area contributed by atoms with Crippen molar-refractivity contribution < 1.29 is 13.9 Å². The quantitative estimate of drug-likeness (QED) is 0.471. The van der Waals surface area contributed by atoms with Gasteiger partial charge in [0.1, 0.15) is 5.75 Å². The molecule has 170 valence electrons. The van der Waals surface area contributed by atoms with Crippen molar-refractivity contribution in [3.8, 4) is 5.75 Å². The minimum Gasteiger partial charge on any atom is -0.496 e. The Labute approximate surface area is 190 Å². The number of aryl methyl sites for hydroxylation is 3. The highest BCUT2D eigenvalue weighted by Crippen LogP contribution is 2.28. The van der Waals surface area contributed by atoms with Gasteiger partial charge in [0.15, 0.2) is 0 Å². The van der Waals surface area contributed by atoms with E-state index in [4.69, 9.17) is 9.15 Å². The summed E-state index contributed by atoms with van der Waals surface area (Å²) in [5.41, 5.74) is 2.41. The summed E-state index contributed by atoms with van der Waals surface area (Å²) < 4.78 is 11.2. The number of methoxy groups -OCH3 is 1. The molecule has 0 unspecified atom stereocenters. The maximum absolute atomic E-state index is 13.2. The summed E-state index contributed by atoms with van der Waals surface area (Å²) in [6.07, 6.45) is 10.5. The topological polar surface area (TPSA) is 68.5 Å². The summed E-state index contributed by atoms with van der Waals surface area (Å²) in [6.45, 7) is 9.86. The van der Waals surface area contributed by atoms with Crippen LogP contribution in [0.1, 0.15) is 50.0 Å². The molecule has 1 amide bonds. The van der Waals surface area contributed by atoms with Crippen LogP contribution in [0, 0.1) is 0 Å². The van der Waals surface area contributed by atoms with Crippen molar-refractivity contribution in [2.24, 2.45) is 0 Å². The Morgan fingerprint density at radius 3 is 2.59 bits per heavy atom. The fourth-order valence-electron chi connectivity index (χ4n) is 4.33. The van der Waals surface area contributed by atoms with Gasteiger partial charge in [-0.2, -0.15) is 0 Å². The van der Waals surface area contributed by atoms with Gasteiger partial charge in [0.2, 0.25) is 17.7 Å². The molecule has 0 saturated carbocycles. The lowest BCUT2D eigenvalue weighted by Crippen LogP contribution is -2.48. The maximum Gasteiger partial charge on any atom is 0.223 e. The largest absolute Gasteiger partial charge is 0.496 e. The SMILES string of the molecule is C=CC[C@H]1CC(C)=C[C@H](CC=C)N1C(=O)CCc1nnc(CCc2ccccc2OC)o1. The van der Waals surface area contributed by atoms with Gasteiger partial charge in [0.05, 0.1) is 13.2 Å². The van der Waals surface area contributed by atoms with E-state index in [1.54, 1.807) is 7.11 Å². The smallest absolute Gasteiger partial charge is 0.223 e. The van der Waals surface area contributed by atoms with Gasteiger partial charge in [-0.15, -0.1) is 23.4 Å². The molecule has 0 radical (unpaired) electrons. The van der Waals surface area contributed by atoms with Crippen molar-refractivity contribution >= 4 is 5.91 Å². The van der Waals surface area contributed by atoms with Crippen LogP contribution in [0.2, 0.25) is 0 Å². The van der Waals surface area contributed by atoms with E-state index < -0.39 is 0 Å². The number of nitrogens with zero attached hydrogens (tertiary/aromatic N) is 3. The van der Waals surface area contributed by atoms with Crippen molar-refractivity contribution in [3.05, 3.63) is 78.6 Å². The second-order valence-electron chi connectivity index (χ2n) is 8.19. The third-order valence-corrected chi connectivity index (χ3v) is 5.78. The van der Waals surface area contributed by atoms with Gasteiger partial charge in [-0.25, -0.2) is 0 Å². The minimum atomic E-state index is 0.0396.